The number of H-pyrrole nitrogens is 1. The fraction of sp³-hybridized carbons (Fsp3) is 0.294. The molecule has 1 aliphatic heterocycles. The number of hydrogen-bond acceptors (Lipinski definition) is 5. The molecule has 0 saturated carbocycles. The molecule has 8 nitrogen and oxygen atoms in total. The minimum Gasteiger partial charge on any atom is -0.495 e. The summed E-state index contributed by atoms with van der Waals surface area (Å²) in [7, 11) is -2.48. The summed E-state index contributed by atoms with van der Waals surface area (Å²) in [6.45, 7) is 0.631. The van der Waals surface area contributed by atoms with E-state index in [1.165, 1.54) is 46.8 Å². The number of nitrogens with zero attached hydrogens (tertiary/aromatic N) is 2. The Hall–Kier alpha value is -2.07. The summed E-state index contributed by atoms with van der Waals surface area (Å²) in [6.07, 6.45) is 1.34. The summed E-state index contributed by atoms with van der Waals surface area (Å²) in [5.41, 5.74) is 0.0309. The molecule has 1 fully saturated rings. The average Bonchev–Trinajstić information content (AvgIpc) is 2.69. The molecule has 11 heteroatoms. The summed E-state index contributed by atoms with van der Waals surface area (Å²) >= 11 is 12.2. The van der Waals surface area contributed by atoms with Crippen molar-refractivity contribution < 1.29 is 17.9 Å². The van der Waals surface area contributed by atoms with Gasteiger partial charge in [0, 0.05) is 44.5 Å². The fourth-order valence-electron chi connectivity index (χ4n) is 2.86. The van der Waals surface area contributed by atoms with Crippen LogP contribution in [0.25, 0.3) is 0 Å². The van der Waals surface area contributed by atoms with Gasteiger partial charge in [0.2, 0.25) is 15.6 Å². The second-order valence-corrected chi connectivity index (χ2v) is 8.78. The molecular weight excluding hydrogens is 429 g/mol. The SMILES string of the molecule is COc1cc(Cl)c(S(=O)(=O)N2CCN(C(=O)c3ccc(=O)[nH]c3)CC2)cc1Cl. The Labute approximate surface area is 171 Å². The number of sulfonamides is 1. The van der Waals surface area contributed by atoms with Crippen LogP contribution in [0.3, 0.4) is 0 Å². The zero-order valence-electron chi connectivity index (χ0n) is 14.8. The maximum atomic E-state index is 12.9. The zero-order chi connectivity index (χ0) is 20.5. The molecule has 1 N–H and O–H groups in total. The van der Waals surface area contributed by atoms with Crippen molar-refractivity contribution in [2.45, 2.75) is 4.90 Å². The van der Waals surface area contributed by atoms with Crippen molar-refractivity contribution in [3.05, 3.63) is 56.4 Å². The van der Waals surface area contributed by atoms with Gasteiger partial charge in [-0.1, -0.05) is 23.2 Å². The molecule has 1 saturated heterocycles. The van der Waals surface area contributed by atoms with Crippen molar-refractivity contribution in [2.24, 2.45) is 0 Å². The van der Waals surface area contributed by atoms with Crippen LogP contribution in [0.4, 0.5) is 0 Å². The van der Waals surface area contributed by atoms with Crippen LogP contribution in [0.5, 0.6) is 5.75 Å². The minimum absolute atomic E-state index is 0.00740. The maximum Gasteiger partial charge on any atom is 0.255 e. The highest BCUT2D eigenvalue weighted by molar-refractivity contribution is 7.89. The molecule has 28 heavy (non-hydrogen) atoms. The van der Waals surface area contributed by atoms with Crippen LogP contribution in [0, 0.1) is 0 Å². The van der Waals surface area contributed by atoms with Gasteiger partial charge in [-0.25, -0.2) is 8.42 Å². The zero-order valence-corrected chi connectivity index (χ0v) is 17.1. The van der Waals surface area contributed by atoms with Gasteiger partial charge in [0.1, 0.15) is 10.6 Å². The molecule has 1 amide bonds. The standard InChI is InChI=1S/C17H17Cl2N3O5S/c1-27-14-8-13(19)15(9-12(14)18)28(25,26)22-6-4-21(5-7-22)17(24)11-2-3-16(23)20-10-11/h2-3,8-10H,4-7H2,1H3,(H,20,23). The van der Waals surface area contributed by atoms with Crippen molar-refractivity contribution in [1.82, 2.24) is 14.2 Å². The molecule has 1 aliphatic rings. The Morgan fingerprint density at radius 3 is 2.36 bits per heavy atom. The highest BCUT2D eigenvalue weighted by atomic mass is 35.5. The largest absolute Gasteiger partial charge is 0.495 e. The number of carbonyl (C=O) groups is 1. The summed E-state index contributed by atoms with van der Waals surface area (Å²) in [6, 6.07) is 5.31. The van der Waals surface area contributed by atoms with E-state index in [9.17, 15) is 18.0 Å². The van der Waals surface area contributed by atoms with Gasteiger partial charge in [-0.3, -0.25) is 9.59 Å². The second-order valence-electron chi connectivity index (χ2n) is 6.06. The monoisotopic (exact) mass is 445 g/mol. The Morgan fingerprint density at radius 1 is 1.11 bits per heavy atom. The molecule has 0 bridgehead atoms. The van der Waals surface area contributed by atoms with Gasteiger partial charge in [0.25, 0.3) is 5.91 Å². The number of amides is 1. The van der Waals surface area contributed by atoms with Crippen LogP contribution in [0.1, 0.15) is 10.4 Å². The molecule has 0 atom stereocenters. The number of hydrogen-bond donors (Lipinski definition) is 1. The summed E-state index contributed by atoms with van der Waals surface area (Å²) in [4.78, 5) is 27.5. The highest BCUT2D eigenvalue weighted by Crippen LogP contribution is 2.35. The Bertz CT molecular complexity index is 1040. The van der Waals surface area contributed by atoms with Gasteiger partial charge in [-0.05, 0) is 12.1 Å². The van der Waals surface area contributed by atoms with Crippen LogP contribution in [-0.2, 0) is 10.0 Å². The molecule has 0 aliphatic carbocycles. The number of aromatic amines is 1. The first-order chi connectivity index (χ1) is 13.2. The number of rotatable bonds is 4. The molecule has 2 heterocycles. The molecule has 1 aromatic heterocycles. The topological polar surface area (TPSA) is 99.8 Å². The van der Waals surface area contributed by atoms with Gasteiger partial charge < -0.3 is 14.6 Å². The smallest absolute Gasteiger partial charge is 0.255 e. The second kappa shape index (κ2) is 8.12. The highest BCUT2D eigenvalue weighted by Gasteiger charge is 2.32. The van der Waals surface area contributed by atoms with Gasteiger partial charge in [0.15, 0.2) is 0 Å². The van der Waals surface area contributed by atoms with E-state index < -0.39 is 10.0 Å². The van der Waals surface area contributed by atoms with E-state index in [1.54, 1.807) is 0 Å². The van der Waals surface area contributed by atoms with Gasteiger partial charge in [0.05, 0.1) is 22.7 Å². The molecule has 0 spiro atoms. The van der Waals surface area contributed by atoms with Crippen molar-refractivity contribution in [3.63, 3.8) is 0 Å². The van der Waals surface area contributed by atoms with Crippen LogP contribution >= 0.6 is 23.2 Å². The van der Waals surface area contributed by atoms with Crippen LogP contribution in [-0.4, -0.2) is 61.8 Å². The first kappa shape index (κ1) is 20.7. The molecule has 0 radical (unpaired) electrons. The molecule has 150 valence electrons. The predicted octanol–water partition coefficient (Wildman–Crippen LogP) is 1.84. The van der Waals surface area contributed by atoms with E-state index in [0.29, 0.717) is 5.56 Å². The molecule has 3 rings (SSSR count). The number of benzene rings is 1. The first-order valence-electron chi connectivity index (χ1n) is 8.25. The van der Waals surface area contributed by atoms with E-state index >= 15 is 0 Å². The minimum atomic E-state index is -3.88. The van der Waals surface area contributed by atoms with Crippen LogP contribution < -0.4 is 10.3 Å². The lowest BCUT2D eigenvalue weighted by atomic mass is 10.2. The van der Waals surface area contributed by atoms with Crippen molar-refractivity contribution in [2.75, 3.05) is 33.3 Å². The lowest BCUT2D eigenvalue weighted by Crippen LogP contribution is -2.50. The number of halogens is 2. The third kappa shape index (κ3) is 4.02. The third-order valence-corrected chi connectivity index (χ3v) is 7.04. The molecule has 2 aromatic rings. The number of piperazine rings is 1. The lowest BCUT2D eigenvalue weighted by Gasteiger charge is -2.34. The predicted molar refractivity (Wildman–Crippen MR) is 105 cm³/mol. The third-order valence-electron chi connectivity index (χ3n) is 4.38. The normalized spacial score (nSPS) is 15.5. The maximum absolute atomic E-state index is 12.9. The number of methoxy groups -OCH3 is 1. The Balaban J connectivity index is 1.75. The molecular formula is C17H17Cl2N3O5S. The van der Waals surface area contributed by atoms with E-state index in [4.69, 9.17) is 27.9 Å². The number of carbonyl (C=O) groups excluding carboxylic acids is 1. The van der Waals surface area contributed by atoms with Crippen molar-refractivity contribution in [1.29, 1.82) is 0 Å². The number of nitrogens with one attached hydrogen (secondary N) is 1. The van der Waals surface area contributed by atoms with E-state index in [-0.39, 0.29) is 58.3 Å². The van der Waals surface area contributed by atoms with Crippen molar-refractivity contribution in [3.8, 4) is 5.75 Å². The molecule has 0 unspecified atom stereocenters. The quantitative estimate of drug-likeness (QED) is 0.773. The van der Waals surface area contributed by atoms with Gasteiger partial charge in [-0.15, -0.1) is 0 Å². The van der Waals surface area contributed by atoms with E-state index in [1.807, 2.05) is 0 Å². The summed E-state index contributed by atoms with van der Waals surface area (Å²) in [5.74, 6) is 0.000701. The number of pyridine rings is 1. The van der Waals surface area contributed by atoms with Crippen molar-refractivity contribution >= 4 is 39.1 Å². The van der Waals surface area contributed by atoms with Crippen LogP contribution in [0.2, 0.25) is 10.0 Å². The lowest BCUT2D eigenvalue weighted by molar-refractivity contribution is 0.0697. The first-order valence-corrected chi connectivity index (χ1v) is 10.4. The Kier molecular flexibility index (Phi) is 5.99. The number of aromatic nitrogens is 1. The molecule has 1 aromatic carbocycles. The van der Waals surface area contributed by atoms with Gasteiger partial charge >= 0.3 is 0 Å². The van der Waals surface area contributed by atoms with E-state index in [0.717, 1.165) is 0 Å². The van der Waals surface area contributed by atoms with Crippen LogP contribution in [0.15, 0.2) is 40.2 Å². The Morgan fingerprint density at radius 2 is 1.79 bits per heavy atom. The average molecular weight is 446 g/mol. The van der Waals surface area contributed by atoms with E-state index in [2.05, 4.69) is 4.98 Å². The van der Waals surface area contributed by atoms with Gasteiger partial charge in [-0.2, -0.15) is 4.31 Å². The summed E-state index contributed by atoms with van der Waals surface area (Å²) < 4.78 is 32.2. The number of ether oxygens (including phenoxy) is 1. The summed E-state index contributed by atoms with van der Waals surface area (Å²) in [5, 5.41) is 0.144. The fourth-order valence-corrected chi connectivity index (χ4v) is 5.11.